The summed E-state index contributed by atoms with van der Waals surface area (Å²) < 4.78 is 2.31. The Hall–Kier alpha value is -0.830. The van der Waals surface area contributed by atoms with Crippen molar-refractivity contribution in [2.75, 3.05) is 0 Å². The molecule has 0 atom stereocenters. The van der Waals surface area contributed by atoms with Gasteiger partial charge in [0.25, 0.3) is 0 Å². The van der Waals surface area contributed by atoms with E-state index in [1.807, 2.05) is 6.20 Å². The van der Waals surface area contributed by atoms with Gasteiger partial charge in [0.2, 0.25) is 0 Å². The molecule has 0 bridgehead atoms. The van der Waals surface area contributed by atoms with Gasteiger partial charge in [-0.2, -0.15) is 0 Å². The summed E-state index contributed by atoms with van der Waals surface area (Å²) >= 11 is 0. The first-order valence-electron chi connectivity index (χ1n) is 5.94. The molecule has 1 fully saturated rings. The second kappa shape index (κ2) is 4.35. The second-order valence-corrected chi connectivity index (χ2v) is 4.77. The fourth-order valence-electron chi connectivity index (χ4n) is 2.20. The summed E-state index contributed by atoms with van der Waals surface area (Å²) in [7, 11) is 0. The predicted octanol–water partition coefficient (Wildman–Crippen LogP) is 2.41. The van der Waals surface area contributed by atoms with Crippen molar-refractivity contribution in [3.8, 4) is 0 Å². The van der Waals surface area contributed by atoms with Crippen LogP contribution in [0.3, 0.4) is 0 Å². The van der Waals surface area contributed by atoms with Gasteiger partial charge in [-0.3, -0.25) is 0 Å². The van der Waals surface area contributed by atoms with E-state index in [1.165, 1.54) is 25.0 Å². The van der Waals surface area contributed by atoms with E-state index in [4.69, 9.17) is 0 Å². The zero-order chi connectivity index (χ0) is 10.8. The van der Waals surface area contributed by atoms with Crippen LogP contribution in [-0.4, -0.2) is 15.6 Å². The van der Waals surface area contributed by atoms with Gasteiger partial charge in [-0.05, 0) is 33.6 Å². The van der Waals surface area contributed by atoms with Gasteiger partial charge in [0.15, 0.2) is 0 Å². The lowest BCUT2D eigenvalue weighted by atomic mass is 9.93. The molecule has 0 aliphatic heterocycles. The molecule has 1 heterocycles. The fraction of sp³-hybridized carbons (Fsp3) is 0.750. The third kappa shape index (κ3) is 2.23. The first-order valence-corrected chi connectivity index (χ1v) is 5.94. The van der Waals surface area contributed by atoms with Gasteiger partial charge in [-0.1, -0.05) is 6.42 Å². The van der Waals surface area contributed by atoms with Crippen molar-refractivity contribution in [1.82, 2.24) is 14.9 Å². The lowest BCUT2D eigenvalue weighted by molar-refractivity contribution is 0.333. The molecule has 2 rings (SSSR count). The van der Waals surface area contributed by atoms with Gasteiger partial charge in [-0.25, -0.2) is 4.98 Å². The van der Waals surface area contributed by atoms with Crippen molar-refractivity contribution in [2.45, 2.75) is 58.7 Å². The molecule has 1 aromatic rings. The molecule has 1 aliphatic carbocycles. The van der Waals surface area contributed by atoms with Gasteiger partial charge >= 0.3 is 0 Å². The Kier molecular flexibility index (Phi) is 3.10. The van der Waals surface area contributed by atoms with Crippen molar-refractivity contribution in [3.05, 3.63) is 17.7 Å². The maximum absolute atomic E-state index is 4.38. The molecule has 1 aromatic heterocycles. The average molecular weight is 207 g/mol. The molecule has 3 nitrogen and oxygen atoms in total. The summed E-state index contributed by atoms with van der Waals surface area (Å²) in [4.78, 5) is 4.38. The van der Waals surface area contributed by atoms with Crippen LogP contribution < -0.4 is 5.32 Å². The van der Waals surface area contributed by atoms with Crippen LogP contribution in [0, 0.1) is 6.92 Å². The van der Waals surface area contributed by atoms with Crippen LogP contribution >= 0.6 is 0 Å². The molecular weight excluding hydrogens is 186 g/mol. The Balaban J connectivity index is 2.00. The summed E-state index contributed by atoms with van der Waals surface area (Å²) in [5.74, 6) is 1.12. The number of nitrogens with zero attached hydrogens (tertiary/aromatic N) is 2. The highest BCUT2D eigenvalue weighted by Gasteiger charge is 2.17. The Morgan fingerprint density at radius 3 is 2.80 bits per heavy atom. The van der Waals surface area contributed by atoms with Crippen molar-refractivity contribution >= 4 is 0 Å². The highest BCUT2D eigenvalue weighted by Crippen LogP contribution is 2.19. The Bertz CT molecular complexity index is 324. The van der Waals surface area contributed by atoms with Crippen LogP contribution in [0.15, 0.2) is 6.20 Å². The number of hydrogen-bond acceptors (Lipinski definition) is 2. The summed E-state index contributed by atoms with van der Waals surface area (Å²) in [5, 5.41) is 3.58. The topological polar surface area (TPSA) is 29.9 Å². The monoisotopic (exact) mass is 207 g/mol. The number of imidazole rings is 1. The van der Waals surface area contributed by atoms with Gasteiger partial charge in [0.05, 0.1) is 5.69 Å². The Labute approximate surface area is 91.9 Å². The Morgan fingerprint density at radius 1 is 1.53 bits per heavy atom. The standard InChI is InChI=1S/C12H21N3/c1-9(2)15-10(3)13-7-12(15)8-14-11-5-4-6-11/h7,9,11,14H,4-6,8H2,1-3H3. The zero-order valence-electron chi connectivity index (χ0n) is 9.95. The van der Waals surface area contributed by atoms with Gasteiger partial charge < -0.3 is 9.88 Å². The van der Waals surface area contributed by atoms with E-state index in [9.17, 15) is 0 Å². The molecule has 1 N–H and O–H groups in total. The van der Waals surface area contributed by atoms with Crippen molar-refractivity contribution < 1.29 is 0 Å². The Morgan fingerprint density at radius 2 is 2.27 bits per heavy atom. The van der Waals surface area contributed by atoms with Gasteiger partial charge in [0, 0.05) is 24.8 Å². The summed E-state index contributed by atoms with van der Waals surface area (Å²) in [5.41, 5.74) is 1.31. The van der Waals surface area contributed by atoms with Crippen LogP contribution in [0.2, 0.25) is 0 Å². The molecule has 0 saturated heterocycles. The maximum Gasteiger partial charge on any atom is 0.105 e. The van der Waals surface area contributed by atoms with Crippen molar-refractivity contribution in [3.63, 3.8) is 0 Å². The van der Waals surface area contributed by atoms with E-state index < -0.39 is 0 Å². The third-order valence-electron chi connectivity index (χ3n) is 3.25. The molecule has 0 spiro atoms. The summed E-state index contributed by atoms with van der Waals surface area (Å²) in [6, 6.07) is 1.26. The van der Waals surface area contributed by atoms with Crippen LogP contribution in [0.25, 0.3) is 0 Å². The van der Waals surface area contributed by atoms with E-state index in [0.29, 0.717) is 6.04 Å². The summed E-state index contributed by atoms with van der Waals surface area (Å²) in [6.45, 7) is 7.46. The quantitative estimate of drug-likeness (QED) is 0.821. The molecule has 0 unspecified atom stereocenters. The minimum absolute atomic E-state index is 0.505. The third-order valence-corrected chi connectivity index (χ3v) is 3.25. The first-order chi connectivity index (χ1) is 7.18. The molecular formula is C12H21N3. The van der Waals surface area contributed by atoms with E-state index in [-0.39, 0.29) is 0 Å². The predicted molar refractivity (Wildman–Crippen MR) is 61.8 cm³/mol. The minimum atomic E-state index is 0.505. The largest absolute Gasteiger partial charge is 0.329 e. The van der Waals surface area contributed by atoms with Crippen molar-refractivity contribution in [1.29, 1.82) is 0 Å². The molecule has 3 heteroatoms. The molecule has 1 aliphatic rings. The van der Waals surface area contributed by atoms with Crippen LogP contribution in [0.4, 0.5) is 0 Å². The van der Waals surface area contributed by atoms with Gasteiger partial charge in [0.1, 0.15) is 5.82 Å². The highest BCUT2D eigenvalue weighted by atomic mass is 15.1. The smallest absolute Gasteiger partial charge is 0.105 e. The van der Waals surface area contributed by atoms with E-state index in [1.54, 1.807) is 0 Å². The molecule has 0 aromatic carbocycles. The second-order valence-electron chi connectivity index (χ2n) is 4.77. The molecule has 1 saturated carbocycles. The minimum Gasteiger partial charge on any atom is -0.329 e. The molecule has 0 radical (unpaired) electrons. The van der Waals surface area contributed by atoms with Crippen LogP contribution in [0.1, 0.15) is 50.7 Å². The maximum atomic E-state index is 4.38. The van der Waals surface area contributed by atoms with Crippen molar-refractivity contribution in [2.24, 2.45) is 0 Å². The van der Waals surface area contributed by atoms with E-state index in [2.05, 4.69) is 35.6 Å². The van der Waals surface area contributed by atoms with E-state index in [0.717, 1.165) is 18.4 Å². The molecule has 0 amide bonds. The van der Waals surface area contributed by atoms with Gasteiger partial charge in [-0.15, -0.1) is 0 Å². The van der Waals surface area contributed by atoms with E-state index >= 15 is 0 Å². The number of hydrogen-bond donors (Lipinski definition) is 1. The SMILES string of the molecule is Cc1ncc(CNC2CCC2)n1C(C)C. The lowest BCUT2D eigenvalue weighted by Crippen LogP contribution is -2.35. The van der Waals surface area contributed by atoms with Crippen LogP contribution in [0.5, 0.6) is 0 Å². The van der Waals surface area contributed by atoms with Crippen LogP contribution in [-0.2, 0) is 6.54 Å². The number of nitrogens with one attached hydrogen (secondary N) is 1. The molecule has 15 heavy (non-hydrogen) atoms. The number of rotatable bonds is 4. The molecule has 84 valence electrons. The average Bonchev–Trinajstić information content (AvgIpc) is 2.44. The lowest BCUT2D eigenvalue weighted by Gasteiger charge is -2.27. The zero-order valence-corrected chi connectivity index (χ0v) is 9.95. The number of aromatic nitrogens is 2. The first kappa shape index (κ1) is 10.7. The number of aryl methyl sites for hydroxylation is 1. The summed E-state index contributed by atoms with van der Waals surface area (Å²) in [6.07, 6.45) is 6.07. The fourth-order valence-corrected chi connectivity index (χ4v) is 2.20. The highest BCUT2D eigenvalue weighted by molar-refractivity contribution is 5.06. The normalized spacial score (nSPS) is 17.1.